The van der Waals surface area contributed by atoms with Crippen molar-refractivity contribution in [2.24, 2.45) is 11.8 Å². The van der Waals surface area contributed by atoms with Gasteiger partial charge in [-0.05, 0) is 36.6 Å². The quantitative estimate of drug-likeness (QED) is 0.811. The molecule has 122 valence electrons. The predicted molar refractivity (Wildman–Crippen MR) is 84.3 cm³/mol. The molecule has 7 nitrogen and oxygen atoms in total. The monoisotopic (exact) mass is 316 g/mol. The maximum Gasteiger partial charge on any atom is 0.308 e. The number of nitrogens with zero attached hydrogens (tertiary/aromatic N) is 3. The summed E-state index contributed by atoms with van der Waals surface area (Å²) in [6.07, 6.45) is 3.81. The summed E-state index contributed by atoms with van der Waals surface area (Å²) in [6, 6.07) is 6.86. The lowest BCUT2D eigenvalue weighted by Crippen LogP contribution is -2.33. The van der Waals surface area contributed by atoms with Gasteiger partial charge in [-0.3, -0.25) is 9.59 Å². The minimum absolute atomic E-state index is 0.122. The van der Waals surface area contributed by atoms with Crippen LogP contribution in [0.1, 0.15) is 30.6 Å². The van der Waals surface area contributed by atoms with Crippen molar-refractivity contribution < 1.29 is 14.7 Å². The number of aliphatic carboxylic acids is 1. The average Bonchev–Trinajstić information content (AvgIpc) is 3.05. The Labute approximate surface area is 134 Å². The number of amides is 1. The molecule has 1 aromatic heterocycles. The van der Waals surface area contributed by atoms with Crippen LogP contribution in [0.4, 0.5) is 0 Å². The smallest absolute Gasteiger partial charge is 0.308 e. The first kappa shape index (κ1) is 16.7. The molecular weight excluding hydrogens is 296 g/mol. The number of nitrogens with one attached hydrogen (secondary N) is 1. The number of carbonyl (C=O) groups excluding carboxylic acids is 1. The van der Waals surface area contributed by atoms with Gasteiger partial charge in [0.15, 0.2) is 0 Å². The van der Waals surface area contributed by atoms with Gasteiger partial charge in [-0.25, -0.2) is 4.68 Å². The van der Waals surface area contributed by atoms with Crippen LogP contribution < -0.4 is 5.32 Å². The van der Waals surface area contributed by atoms with E-state index in [2.05, 4.69) is 15.6 Å². The topological polar surface area (TPSA) is 97.1 Å². The second-order valence-electron chi connectivity index (χ2n) is 5.77. The van der Waals surface area contributed by atoms with Crippen LogP contribution in [-0.2, 0) is 4.79 Å². The lowest BCUT2D eigenvalue weighted by atomic mass is 9.97. The lowest BCUT2D eigenvalue weighted by Gasteiger charge is -2.15. The average molecular weight is 316 g/mol. The van der Waals surface area contributed by atoms with E-state index in [1.165, 1.54) is 0 Å². The standard InChI is InChI=1S/C16H20N4O3/c1-11(2)9-13(16(22)23)10-17-15(21)12-3-5-14(6-4-12)20-8-7-18-19-20/h3-8,11,13H,9-10H2,1-2H3,(H,17,21)(H,22,23). The second kappa shape index (κ2) is 7.53. The Kier molecular flexibility index (Phi) is 5.46. The molecule has 1 unspecified atom stereocenters. The molecular formula is C16H20N4O3. The van der Waals surface area contributed by atoms with Gasteiger partial charge in [-0.15, -0.1) is 5.10 Å². The fourth-order valence-electron chi connectivity index (χ4n) is 2.27. The van der Waals surface area contributed by atoms with Crippen LogP contribution in [0, 0.1) is 11.8 Å². The molecule has 2 N–H and O–H groups in total. The normalized spacial score (nSPS) is 12.1. The molecule has 1 aromatic carbocycles. The van der Waals surface area contributed by atoms with Crippen LogP contribution in [0.5, 0.6) is 0 Å². The largest absolute Gasteiger partial charge is 0.481 e. The van der Waals surface area contributed by atoms with Crippen molar-refractivity contribution in [2.75, 3.05) is 6.54 Å². The zero-order valence-electron chi connectivity index (χ0n) is 13.1. The lowest BCUT2D eigenvalue weighted by molar-refractivity contribution is -0.142. The highest BCUT2D eigenvalue weighted by Crippen LogP contribution is 2.12. The molecule has 1 heterocycles. The minimum Gasteiger partial charge on any atom is -0.481 e. The van der Waals surface area contributed by atoms with E-state index in [0.717, 1.165) is 5.69 Å². The van der Waals surface area contributed by atoms with E-state index in [1.54, 1.807) is 41.3 Å². The third kappa shape index (κ3) is 4.64. The van der Waals surface area contributed by atoms with Gasteiger partial charge in [0.25, 0.3) is 5.91 Å². The highest BCUT2D eigenvalue weighted by atomic mass is 16.4. The van der Waals surface area contributed by atoms with Crippen molar-refractivity contribution in [3.05, 3.63) is 42.2 Å². The second-order valence-corrected chi connectivity index (χ2v) is 5.77. The van der Waals surface area contributed by atoms with Gasteiger partial charge in [-0.2, -0.15) is 0 Å². The van der Waals surface area contributed by atoms with Gasteiger partial charge in [0.2, 0.25) is 0 Å². The number of carboxylic acids is 1. The van der Waals surface area contributed by atoms with Gasteiger partial charge in [0, 0.05) is 12.1 Å². The Bertz CT molecular complexity index is 650. The molecule has 0 spiro atoms. The third-order valence-electron chi connectivity index (χ3n) is 3.43. The van der Waals surface area contributed by atoms with E-state index >= 15 is 0 Å². The molecule has 0 radical (unpaired) electrons. The fourth-order valence-corrected chi connectivity index (χ4v) is 2.27. The van der Waals surface area contributed by atoms with Crippen molar-refractivity contribution in [3.8, 4) is 5.69 Å². The number of carbonyl (C=O) groups is 2. The molecule has 0 aliphatic carbocycles. The Hall–Kier alpha value is -2.70. The highest BCUT2D eigenvalue weighted by Gasteiger charge is 2.20. The summed E-state index contributed by atoms with van der Waals surface area (Å²) in [5.41, 5.74) is 1.27. The predicted octanol–water partition coefficient (Wildman–Crippen LogP) is 1.74. The fraction of sp³-hybridized carbons (Fsp3) is 0.375. The van der Waals surface area contributed by atoms with E-state index in [9.17, 15) is 14.7 Å². The zero-order chi connectivity index (χ0) is 16.8. The molecule has 1 amide bonds. The summed E-state index contributed by atoms with van der Waals surface area (Å²) in [5, 5.41) is 19.5. The Balaban J connectivity index is 1.96. The molecule has 2 aromatic rings. The van der Waals surface area contributed by atoms with E-state index < -0.39 is 11.9 Å². The van der Waals surface area contributed by atoms with Gasteiger partial charge in [0.05, 0.1) is 24.0 Å². The molecule has 2 rings (SSSR count). The van der Waals surface area contributed by atoms with Crippen molar-refractivity contribution >= 4 is 11.9 Å². The molecule has 23 heavy (non-hydrogen) atoms. The van der Waals surface area contributed by atoms with Gasteiger partial charge in [-0.1, -0.05) is 19.1 Å². The van der Waals surface area contributed by atoms with Gasteiger partial charge < -0.3 is 10.4 Å². The van der Waals surface area contributed by atoms with Crippen LogP contribution in [0.3, 0.4) is 0 Å². The number of hydrogen-bond acceptors (Lipinski definition) is 4. The van der Waals surface area contributed by atoms with Crippen LogP contribution in [0.2, 0.25) is 0 Å². The molecule has 0 aliphatic heterocycles. The van der Waals surface area contributed by atoms with Crippen molar-refractivity contribution in [2.45, 2.75) is 20.3 Å². The van der Waals surface area contributed by atoms with E-state index in [-0.39, 0.29) is 18.4 Å². The first-order chi connectivity index (χ1) is 11.0. The Morgan fingerprint density at radius 1 is 1.26 bits per heavy atom. The van der Waals surface area contributed by atoms with Crippen LogP contribution >= 0.6 is 0 Å². The summed E-state index contributed by atoms with van der Waals surface area (Å²) in [5.74, 6) is -1.49. The maximum atomic E-state index is 12.1. The summed E-state index contributed by atoms with van der Waals surface area (Å²) < 4.78 is 1.59. The summed E-state index contributed by atoms with van der Waals surface area (Å²) in [4.78, 5) is 23.3. The summed E-state index contributed by atoms with van der Waals surface area (Å²) >= 11 is 0. The summed E-state index contributed by atoms with van der Waals surface area (Å²) in [6.45, 7) is 4.04. The molecule has 7 heteroatoms. The van der Waals surface area contributed by atoms with Gasteiger partial charge >= 0.3 is 5.97 Å². The van der Waals surface area contributed by atoms with E-state index in [0.29, 0.717) is 12.0 Å². The van der Waals surface area contributed by atoms with Crippen LogP contribution in [0.15, 0.2) is 36.7 Å². The zero-order valence-corrected chi connectivity index (χ0v) is 13.1. The Morgan fingerprint density at radius 2 is 1.96 bits per heavy atom. The van der Waals surface area contributed by atoms with Crippen LogP contribution in [0.25, 0.3) is 5.69 Å². The SMILES string of the molecule is CC(C)CC(CNC(=O)c1ccc(-n2ccnn2)cc1)C(=O)O. The van der Waals surface area contributed by atoms with Gasteiger partial charge in [0.1, 0.15) is 0 Å². The number of rotatable bonds is 7. The van der Waals surface area contributed by atoms with Crippen molar-refractivity contribution in [1.29, 1.82) is 0 Å². The number of carboxylic acid groups (broad SMARTS) is 1. The molecule has 0 saturated carbocycles. The maximum absolute atomic E-state index is 12.1. The van der Waals surface area contributed by atoms with E-state index in [4.69, 9.17) is 0 Å². The first-order valence-corrected chi connectivity index (χ1v) is 7.45. The molecule has 1 atom stereocenters. The molecule has 0 fully saturated rings. The number of benzene rings is 1. The molecule has 0 aliphatic rings. The third-order valence-corrected chi connectivity index (χ3v) is 3.43. The number of aromatic nitrogens is 3. The van der Waals surface area contributed by atoms with Crippen LogP contribution in [-0.4, -0.2) is 38.5 Å². The summed E-state index contributed by atoms with van der Waals surface area (Å²) in [7, 11) is 0. The van der Waals surface area contributed by atoms with Crippen molar-refractivity contribution in [1.82, 2.24) is 20.3 Å². The Morgan fingerprint density at radius 3 is 2.48 bits per heavy atom. The van der Waals surface area contributed by atoms with Crippen molar-refractivity contribution in [3.63, 3.8) is 0 Å². The highest BCUT2D eigenvalue weighted by molar-refractivity contribution is 5.94. The number of hydrogen-bond donors (Lipinski definition) is 2. The molecule has 0 bridgehead atoms. The van der Waals surface area contributed by atoms with E-state index in [1.807, 2.05) is 13.8 Å². The first-order valence-electron chi connectivity index (χ1n) is 7.45. The minimum atomic E-state index is -0.888. The molecule has 0 saturated heterocycles.